The summed E-state index contributed by atoms with van der Waals surface area (Å²) in [5.41, 5.74) is 1.87. The molecule has 26 heavy (non-hydrogen) atoms. The van der Waals surface area contributed by atoms with Gasteiger partial charge in [0.25, 0.3) is 5.69 Å². The number of rotatable bonds is 4. The number of benzene rings is 1. The summed E-state index contributed by atoms with van der Waals surface area (Å²) in [5.74, 6) is 0.858. The van der Waals surface area contributed by atoms with Gasteiger partial charge in [0, 0.05) is 47.7 Å². The van der Waals surface area contributed by atoms with Crippen molar-refractivity contribution in [3.05, 3.63) is 87.1 Å². The Hall–Kier alpha value is -2.57. The molecule has 3 aromatic rings. The van der Waals surface area contributed by atoms with Gasteiger partial charge in [0.1, 0.15) is 5.76 Å². The molecule has 6 nitrogen and oxygen atoms in total. The number of aromatic nitrogens is 1. The highest BCUT2D eigenvalue weighted by atomic mass is 35.5. The molecule has 0 amide bonds. The molecular formula is C19H18ClN3O3. The molecule has 0 spiro atoms. The number of nitrogens with zero attached hydrogens (tertiary/aromatic N) is 3. The lowest BCUT2D eigenvalue weighted by Gasteiger charge is -2.30. The lowest BCUT2D eigenvalue weighted by atomic mass is 10.0. The van der Waals surface area contributed by atoms with Crippen molar-refractivity contribution < 1.29 is 9.34 Å². The van der Waals surface area contributed by atoms with Crippen molar-refractivity contribution >= 4 is 17.3 Å². The van der Waals surface area contributed by atoms with E-state index in [1.165, 1.54) is 6.07 Å². The van der Waals surface area contributed by atoms with E-state index in [0.717, 1.165) is 36.5 Å². The first-order valence-corrected chi connectivity index (χ1v) is 8.86. The van der Waals surface area contributed by atoms with Crippen LogP contribution >= 0.6 is 11.6 Å². The van der Waals surface area contributed by atoms with Crippen LogP contribution in [0.25, 0.3) is 0 Å². The summed E-state index contributed by atoms with van der Waals surface area (Å²) in [6.45, 7) is 2.36. The summed E-state index contributed by atoms with van der Waals surface area (Å²) >= 11 is 6.49. The summed E-state index contributed by atoms with van der Waals surface area (Å²) in [4.78, 5) is 13.2. The van der Waals surface area contributed by atoms with Gasteiger partial charge in [0.2, 0.25) is 0 Å². The first kappa shape index (κ1) is 16.9. The summed E-state index contributed by atoms with van der Waals surface area (Å²) < 4.78 is 7.73. The summed E-state index contributed by atoms with van der Waals surface area (Å²) in [7, 11) is 0. The predicted octanol–water partition coefficient (Wildman–Crippen LogP) is 4.64. The maximum absolute atomic E-state index is 11.3. The van der Waals surface area contributed by atoms with E-state index in [9.17, 15) is 10.1 Å². The van der Waals surface area contributed by atoms with Gasteiger partial charge in [-0.2, -0.15) is 0 Å². The molecule has 2 aromatic heterocycles. The fourth-order valence-electron chi connectivity index (χ4n) is 3.62. The van der Waals surface area contributed by atoms with Gasteiger partial charge in [-0.15, -0.1) is 0 Å². The SMILES string of the molecule is O=[N+]([O-])c1ccc(Cl)c(C2c3cccn3CCCN2Cc2ccco2)c1. The van der Waals surface area contributed by atoms with E-state index in [1.54, 1.807) is 18.4 Å². The minimum Gasteiger partial charge on any atom is -0.468 e. The van der Waals surface area contributed by atoms with Crippen molar-refractivity contribution in [2.45, 2.75) is 25.6 Å². The molecule has 0 fully saturated rings. The summed E-state index contributed by atoms with van der Waals surface area (Å²) in [6, 6.07) is 12.3. The third-order valence-electron chi connectivity index (χ3n) is 4.78. The van der Waals surface area contributed by atoms with Gasteiger partial charge < -0.3 is 8.98 Å². The van der Waals surface area contributed by atoms with Gasteiger partial charge in [0.05, 0.1) is 23.8 Å². The van der Waals surface area contributed by atoms with Gasteiger partial charge >= 0.3 is 0 Å². The van der Waals surface area contributed by atoms with Crippen LogP contribution in [0.5, 0.6) is 0 Å². The number of hydrogen-bond donors (Lipinski definition) is 0. The second-order valence-electron chi connectivity index (χ2n) is 6.40. The zero-order valence-corrected chi connectivity index (χ0v) is 14.8. The molecule has 1 aromatic carbocycles. The van der Waals surface area contributed by atoms with E-state index < -0.39 is 0 Å². The number of fused-ring (bicyclic) bond motifs is 1. The van der Waals surface area contributed by atoms with Crippen LogP contribution in [-0.4, -0.2) is 20.9 Å². The van der Waals surface area contributed by atoms with Crippen LogP contribution in [0.3, 0.4) is 0 Å². The highest BCUT2D eigenvalue weighted by molar-refractivity contribution is 6.31. The minimum atomic E-state index is -0.382. The van der Waals surface area contributed by atoms with Crippen molar-refractivity contribution in [3.63, 3.8) is 0 Å². The van der Waals surface area contributed by atoms with E-state index in [-0.39, 0.29) is 16.7 Å². The minimum absolute atomic E-state index is 0.0460. The van der Waals surface area contributed by atoms with Gasteiger partial charge in [-0.1, -0.05) is 11.6 Å². The molecule has 0 saturated carbocycles. The van der Waals surface area contributed by atoms with E-state index >= 15 is 0 Å². The fourth-order valence-corrected chi connectivity index (χ4v) is 3.84. The Balaban J connectivity index is 1.82. The van der Waals surface area contributed by atoms with E-state index in [2.05, 4.69) is 15.5 Å². The zero-order valence-electron chi connectivity index (χ0n) is 14.0. The largest absolute Gasteiger partial charge is 0.468 e. The maximum atomic E-state index is 11.3. The van der Waals surface area contributed by atoms with Gasteiger partial charge in [0.15, 0.2) is 0 Å². The van der Waals surface area contributed by atoms with Crippen LogP contribution in [0.15, 0.2) is 59.3 Å². The molecule has 7 heteroatoms. The Kier molecular flexibility index (Phi) is 4.53. The smallest absolute Gasteiger partial charge is 0.269 e. The van der Waals surface area contributed by atoms with Crippen molar-refractivity contribution in [3.8, 4) is 0 Å². The van der Waals surface area contributed by atoms with Crippen LogP contribution in [0.2, 0.25) is 5.02 Å². The van der Waals surface area contributed by atoms with Crippen LogP contribution in [0.1, 0.15) is 29.5 Å². The van der Waals surface area contributed by atoms with Gasteiger partial charge in [-0.3, -0.25) is 15.0 Å². The molecule has 0 radical (unpaired) electrons. The maximum Gasteiger partial charge on any atom is 0.269 e. The Morgan fingerprint density at radius 2 is 2.12 bits per heavy atom. The molecular weight excluding hydrogens is 354 g/mol. The highest BCUT2D eigenvalue weighted by Crippen LogP contribution is 2.38. The predicted molar refractivity (Wildman–Crippen MR) is 98.1 cm³/mol. The molecule has 134 valence electrons. The van der Waals surface area contributed by atoms with Crippen molar-refractivity contribution in [1.82, 2.24) is 9.47 Å². The van der Waals surface area contributed by atoms with Gasteiger partial charge in [-0.25, -0.2) is 0 Å². The van der Waals surface area contributed by atoms with Crippen molar-refractivity contribution in [2.24, 2.45) is 0 Å². The highest BCUT2D eigenvalue weighted by Gasteiger charge is 2.30. The molecule has 0 N–H and O–H groups in total. The average molecular weight is 372 g/mol. The van der Waals surface area contributed by atoms with Crippen molar-refractivity contribution in [1.29, 1.82) is 0 Å². The first-order valence-electron chi connectivity index (χ1n) is 8.49. The number of nitro groups is 1. The molecule has 0 saturated heterocycles. The van der Waals surface area contributed by atoms with Gasteiger partial charge in [-0.05, 0) is 36.8 Å². The van der Waals surface area contributed by atoms with E-state index in [0.29, 0.717) is 11.6 Å². The molecule has 3 heterocycles. The number of non-ortho nitro benzene ring substituents is 1. The van der Waals surface area contributed by atoms with Crippen LogP contribution < -0.4 is 0 Å². The van der Waals surface area contributed by atoms with Crippen LogP contribution in [0.4, 0.5) is 5.69 Å². The molecule has 0 aliphatic carbocycles. The van der Waals surface area contributed by atoms with E-state index in [4.69, 9.17) is 16.0 Å². The number of furan rings is 1. The number of hydrogen-bond acceptors (Lipinski definition) is 4. The standard InChI is InChI=1S/C19H18ClN3O3/c20-17-7-6-14(23(24)25)12-16(17)19-18-5-1-8-21(18)9-3-10-22(19)13-15-4-2-11-26-15/h1-2,4-8,11-12,19H,3,9-10,13H2. The molecule has 1 unspecified atom stereocenters. The van der Waals surface area contributed by atoms with Crippen LogP contribution in [0, 0.1) is 10.1 Å². The number of aryl methyl sites for hydroxylation is 1. The zero-order chi connectivity index (χ0) is 18.1. The molecule has 1 atom stereocenters. The monoisotopic (exact) mass is 371 g/mol. The summed E-state index contributed by atoms with van der Waals surface area (Å²) in [6.07, 6.45) is 4.68. The Morgan fingerprint density at radius 1 is 1.23 bits per heavy atom. The van der Waals surface area contributed by atoms with Crippen molar-refractivity contribution in [2.75, 3.05) is 6.54 Å². The first-order chi connectivity index (χ1) is 12.6. The normalized spacial score (nSPS) is 17.7. The quantitative estimate of drug-likeness (QED) is 0.495. The van der Waals surface area contributed by atoms with Crippen LogP contribution in [-0.2, 0) is 13.1 Å². The average Bonchev–Trinajstić information content (AvgIpc) is 3.26. The molecule has 1 aliphatic heterocycles. The second kappa shape index (κ2) is 6.97. The molecule has 4 rings (SSSR count). The fraction of sp³-hybridized carbons (Fsp3) is 0.263. The third kappa shape index (κ3) is 3.13. The number of halogens is 1. The Labute approximate surface area is 155 Å². The van der Waals surface area contributed by atoms with E-state index in [1.807, 2.05) is 24.4 Å². The molecule has 1 aliphatic rings. The lowest BCUT2D eigenvalue weighted by molar-refractivity contribution is -0.384. The second-order valence-corrected chi connectivity index (χ2v) is 6.80. The molecule has 0 bridgehead atoms. The summed E-state index contributed by atoms with van der Waals surface area (Å²) in [5, 5.41) is 11.8. The number of nitro benzene ring substituents is 1. The topological polar surface area (TPSA) is 64.5 Å². The third-order valence-corrected chi connectivity index (χ3v) is 5.12. The Bertz CT molecular complexity index is 920. The lowest BCUT2D eigenvalue weighted by Crippen LogP contribution is -2.29. The Morgan fingerprint density at radius 3 is 2.88 bits per heavy atom.